The van der Waals surface area contributed by atoms with E-state index in [1.807, 2.05) is 24.3 Å². The van der Waals surface area contributed by atoms with Crippen LogP contribution in [0, 0.1) is 11.3 Å². The van der Waals surface area contributed by atoms with Crippen molar-refractivity contribution < 1.29 is 14.9 Å². The quantitative estimate of drug-likeness (QED) is 0.396. The number of nitrogens with zero attached hydrogens (tertiary/aromatic N) is 4. The Balaban J connectivity index is 1.67. The smallest absolute Gasteiger partial charge is 0.119 e. The maximum Gasteiger partial charge on any atom is 0.119 e. The number of unbranched alkanes of at least 4 members (excludes halogenated alkanes) is 2. The van der Waals surface area contributed by atoms with Crippen LogP contribution >= 0.6 is 0 Å². The summed E-state index contributed by atoms with van der Waals surface area (Å²) in [6, 6.07) is 16.5. The number of aliphatic hydroxyl groups is 2. The van der Waals surface area contributed by atoms with Crippen molar-refractivity contribution in [1.29, 1.82) is 5.26 Å². The van der Waals surface area contributed by atoms with Crippen molar-refractivity contribution in [3.63, 3.8) is 0 Å². The second-order valence-electron chi connectivity index (χ2n) is 6.55. The highest BCUT2D eigenvalue weighted by Crippen LogP contribution is 2.21. The van der Waals surface area contributed by atoms with E-state index in [4.69, 9.17) is 20.2 Å². The van der Waals surface area contributed by atoms with E-state index in [2.05, 4.69) is 21.2 Å². The second kappa shape index (κ2) is 13.4. The Kier molecular flexibility index (Phi) is 10.4. The first-order valence-corrected chi connectivity index (χ1v) is 9.84. The normalized spacial score (nSPS) is 11.1. The number of rotatable bonds is 13. The molecule has 2 rings (SSSR count). The monoisotopic (exact) mass is 396 g/mol. The molecule has 0 spiro atoms. The van der Waals surface area contributed by atoms with Gasteiger partial charge in [-0.25, -0.2) is 0 Å². The van der Waals surface area contributed by atoms with Crippen molar-refractivity contribution >= 4 is 11.4 Å². The fourth-order valence-electron chi connectivity index (χ4n) is 2.75. The average molecular weight is 396 g/mol. The molecule has 154 valence electrons. The zero-order chi connectivity index (χ0) is 20.7. The molecule has 0 radical (unpaired) electrons. The van der Waals surface area contributed by atoms with Crippen molar-refractivity contribution in [3.05, 3.63) is 54.1 Å². The molecule has 2 N–H and O–H groups in total. The topological polar surface area (TPSA) is 101 Å². The van der Waals surface area contributed by atoms with Gasteiger partial charge in [0, 0.05) is 13.1 Å². The molecule has 0 saturated carbocycles. The second-order valence-corrected chi connectivity index (χ2v) is 6.55. The van der Waals surface area contributed by atoms with Gasteiger partial charge in [0.1, 0.15) is 5.75 Å². The molecule has 7 heteroatoms. The maximum absolute atomic E-state index is 8.99. The Morgan fingerprint density at radius 2 is 1.38 bits per heavy atom. The van der Waals surface area contributed by atoms with Crippen LogP contribution in [0.25, 0.3) is 0 Å². The van der Waals surface area contributed by atoms with Crippen molar-refractivity contribution in [2.45, 2.75) is 19.3 Å². The molecule has 0 heterocycles. The first-order chi connectivity index (χ1) is 14.2. The summed E-state index contributed by atoms with van der Waals surface area (Å²) in [5, 5.41) is 35.1. The van der Waals surface area contributed by atoms with E-state index >= 15 is 0 Å². The summed E-state index contributed by atoms with van der Waals surface area (Å²) < 4.78 is 5.75. The van der Waals surface area contributed by atoms with Gasteiger partial charge < -0.3 is 14.9 Å². The summed E-state index contributed by atoms with van der Waals surface area (Å²) in [5.74, 6) is 0.796. The number of azo groups is 1. The third-order valence-corrected chi connectivity index (χ3v) is 4.33. The Morgan fingerprint density at radius 3 is 1.93 bits per heavy atom. The van der Waals surface area contributed by atoms with Crippen LogP contribution in [-0.4, -0.2) is 54.6 Å². The summed E-state index contributed by atoms with van der Waals surface area (Å²) >= 11 is 0. The molecule has 7 nitrogen and oxygen atoms in total. The summed E-state index contributed by atoms with van der Waals surface area (Å²) in [6.45, 7) is 2.96. The number of nitriles is 1. The summed E-state index contributed by atoms with van der Waals surface area (Å²) in [5.41, 5.74) is 2.02. The fourth-order valence-corrected chi connectivity index (χ4v) is 2.75. The SMILES string of the molecule is N#Cc1ccc(N=Nc2ccc(OCCCCCN(CCO)CCO)cc2)cc1. The summed E-state index contributed by atoms with van der Waals surface area (Å²) in [6.07, 6.45) is 2.99. The van der Waals surface area contributed by atoms with Gasteiger partial charge in [-0.15, -0.1) is 0 Å². The highest BCUT2D eigenvalue weighted by Gasteiger charge is 2.03. The molecule has 0 atom stereocenters. The van der Waals surface area contributed by atoms with Crippen molar-refractivity contribution in [2.24, 2.45) is 10.2 Å². The van der Waals surface area contributed by atoms with Gasteiger partial charge in [0.15, 0.2) is 0 Å². The highest BCUT2D eigenvalue weighted by molar-refractivity contribution is 5.44. The van der Waals surface area contributed by atoms with E-state index in [0.717, 1.165) is 37.2 Å². The van der Waals surface area contributed by atoms with Crippen LogP contribution < -0.4 is 4.74 Å². The third kappa shape index (κ3) is 8.83. The minimum absolute atomic E-state index is 0.117. The van der Waals surface area contributed by atoms with Crippen LogP contribution in [0.1, 0.15) is 24.8 Å². The van der Waals surface area contributed by atoms with E-state index in [9.17, 15) is 0 Å². The fraction of sp³-hybridized carbons (Fsp3) is 0.409. The number of hydrogen-bond acceptors (Lipinski definition) is 7. The van der Waals surface area contributed by atoms with Crippen LogP contribution in [0.4, 0.5) is 11.4 Å². The molecule has 2 aromatic carbocycles. The molecule has 0 aromatic heterocycles. The lowest BCUT2D eigenvalue weighted by molar-refractivity contribution is 0.158. The molecule has 0 bridgehead atoms. The predicted molar refractivity (Wildman–Crippen MR) is 112 cm³/mol. The predicted octanol–water partition coefficient (Wildman–Crippen LogP) is 3.81. The molecule has 2 aromatic rings. The standard InChI is InChI=1S/C22H28N4O3/c23-18-19-4-6-20(7-5-19)24-25-21-8-10-22(11-9-21)29-17-3-1-2-12-26(13-15-27)14-16-28/h4-11,27-28H,1-3,12-17H2. The Hall–Kier alpha value is -2.79. The number of benzene rings is 2. The van der Waals surface area contributed by atoms with E-state index in [0.29, 0.717) is 30.9 Å². The van der Waals surface area contributed by atoms with E-state index in [1.54, 1.807) is 24.3 Å². The molecule has 0 aliphatic rings. The van der Waals surface area contributed by atoms with E-state index in [1.165, 1.54) is 0 Å². The van der Waals surface area contributed by atoms with Gasteiger partial charge in [0.2, 0.25) is 0 Å². The van der Waals surface area contributed by atoms with Crippen LogP contribution in [-0.2, 0) is 0 Å². The van der Waals surface area contributed by atoms with Crippen LogP contribution in [0.2, 0.25) is 0 Å². The Bertz CT molecular complexity index is 764. The first kappa shape index (κ1) is 22.5. The Labute approximate surface area is 171 Å². The van der Waals surface area contributed by atoms with E-state index in [-0.39, 0.29) is 13.2 Å². The van der Waals surface area contributed by atoms with Crippen LogP contribution in [0.3, 0.4) is 0 Å². The first-order valence-electron chi connectivity index (χ1n) is 9.84. The zero-order valence-electron chi connectivity index (χ0n) is 16.6. The highest BCUT2D eigenvalue weighted by atomic mass is 16.5. The molecule has 0 amide bonds. The molecular formula is C22H28N4O3. The molecular weight excluding hydrogens is 368 g/mol. The molecule has 29 heavy (non-hydrogen) atoms. The van der Waals surface area contributed by atoms with Gasteiger partial charge in [-0.1, -0.05) is 0 Å². The lowest BCUT2D eigenvalue weighted by Gasteiger charge is -2.19. The van der Waals surface area contributed by atoms with Crippen LogP contribution in [0.5, 0.6) is 5.75 Å². The number of hydrogen-bond donors (Lipinski definition) is 2. The largest absolute Gasteiger partial charge is 0.494 e. The number of ether oxygens (including phenoxy) is 1. The van der Waals surface area contributed by atoms with Gasteiger partial charge >= 0.3 is 0 Å². The van der Waals surface area contributed by atoms with Crippen molar-refractivity contribution in [3.8, 4) is 11.8 Å². The zero-order valence-corrected chi connectivity index (χ0v) is 16.6. The lowest BCUT2D eigenvalue weighted by atomic mass is 10.2. The lowest BCUT2D eigenvalue weighted by Crippen LogP contribution is -2.30. The van der Waals surface area contributed by atoms with Gasteiger partial charge in [0.25, 0.3) is 0 Å². The minimum Gasteiger partial charge on any atom is -0.494 e. The molecule has 0 saturated heterocycles. The molecule has 0 fully saturated rings. The van der Waals surface area contributed by atoms with Crippen molar-refractivity contribution in [2.75, 3.05) is 39.5 Å². The van der Waals surface area contributed by atoms with Gasteiger partial charge in [-0.05, 0) is 74.3 Å². The van der Waals surface area contributed by atoms with Gasteiger partial charge in [-0.3, -0.25) is 4.90 Å². The van der Waals surface area contributed by atoms with Gasteiger partial charge in [-0.2, -0.15) is 15.5 Å². The minimum atomic E-state index is 0.117. The molecule has 0 aliphatic heterocycles. The third-order valence-electron chi connectivity index (χ3n) is 4.33. The molecule has 0 unspecified atom stereocenters. The molecule has 0 aliphatic carbocycles. The van der Waals surface area contributed by atoms with Crippen molar-refractivity contribution in [1.82, 2.24) is 4.90 Å². The van der Waals surface area contributed by atoms with Crippen LogP contribution in [0.15, 0.2) is 58.8 Å². The average Bonchev–Trinajstić information content (AvgIpc) is 2.76. The summed E-state index contributed by atoms with van der Waals surface area (Å²) in [4.78, 5) is 2.06. The van der Waals surface area contributed by atoms with E-state index < -0.39 is 0 Å². The number of aliphatic hydroxyl groups excluding tert-OH is 2. The van der Waals surface area contributed by atoms with Gasteiger partial charge in [0.05, 0.1) is 42.8 Å². The maximum atomic E-state index is 8.99. The summed E-state index contributed by atoms with van der Waals surface area (Å²) in [7, 11) is 0. The Morgan fingerprint density at radius 1 is 0.793 bits per heavy atom.